The van der Waals surface area contributed by atoms with Crippen molar-refractivity contribution in [1.29, 1.82) is 0 Å². The van der Waals surface area contributed by atoms with E-state index in [0.717, 1.165) is 35.5 Å². The lowest BCUT2D eigenvalue weighted by molar-refractivity contribution is 0.112. The fourth-order valence-electron chi connectivity index (χ4n) is 7.44. The van der Waals surface area contributed by atoms with Crippen LogP contribution in [0.5, 0.6) is 0 Å². The Kier molecular flexibility index (Phi) is 6.53. The third-order valence-electron chi connectivity index (χ3n) is 9.59. The normalized spacial score (nSPS) is 42.1. The molecule has 30 heavy (non-hydrogen) atoms. The van der Waals surface area contributed by atoms with Crippen molar-refractivity contribution >= 4 is 0 Å². The Balaban J connectivity index is 1.48. The van der Waals surface area contributed by atoms with Crippen LogP contribution in [0.25, 0.3) is 0 Å². The van der Waals surface area contributed by atoms with Crippen molar-refractivity contribution in [2.75, 3.05) is 0 Å². The van der Waals surface area contributed by atoms with Gasteiger partial charge in [-0.05, 0) is 116 Å². The molecule has 4 saturated carbocycles. The molecule has 0 spiro atoms. The largest absolute Gasteiger partial charge is 0.0953 e. The summed E-state index contributed by atoms with van der Waals surface area (Å²) in [5, 5.41) is 0. The van der Waals surface area contributed by atoms with E-state index in [0.29, 0.717) is 11.3 Å². The first-order valence-corrected chi connectivity index (χ1v) is 13.1. The second kappa shape index (κ2) is 8.84. The van der Waals surface area contributed by atoms with Gasteiger partial charge in [-0.3, -0.25) is 0 Å². The van der Waals surface area contributed by atoms with Crippen molar-refractivity contribution in [3.8, 4) is 0 Å². The second-order valence-electron chi connectivity index (χ2n) is 11.9. The summed E-state index contributed by atoms with van der Waals surface area (Å²) in [6.45, 7) is 16.8. The molecule has 0 aromatic rings. The molecule has 0 N–H and O–H groups in total. The van der Waals surface area contributed by atoms with E-state index >= 15 is 0 Å². The van der Waals surface area contributed by atoms with Crippen LogP contribution in [0.2, 0.25) is 0 Å². The Morgan fingerprint density at radius 3 is 2.47 bits per heavy atom. The molecule has 0 heteroatoms. The van der Waals surface area contributed by atoms with Gasteiger partial charge in [0.2, 0.25) is 0 Å². The first-order chi connectivity index (χ1) is 14.3. The topological polar surface area (TPSA) is 0 Å². The van der Waals surface area contributed by atoms with Crippen LogP contribution in [0, 0.1) is 46.8 Å². The predicted molar refractivity (Wildman–Crippen MR) is 131 cm³/mol. The summed E-state index contributed by atoms with van der Waals surface area (Å²) < 4.78 is 0. The third-order valence-corrected chi connectivity index (χ3v) is 9.59. The summed E-state index contributed by atoms with van der Waals surface area (Å²) in [7, 11) is 0. The van der Waals surface area contributed by atoms with Crippen LogP contribution >= 0.6 is 0 Å². The second-order valence-corrected chi connectivity index (χ2v) is 11.9. The van der Waals surface area contributed by atoms with Crippen molar-refractivity contribution in [3.63, 3.8) is 0 Å². The summed E-state index contributed by atoms with van der Waals surface area (Å²) in [5.41, 5.74) is 5.18. The van der Waals surface area contributed by atoms with Crippen LogP contribution in [0.3, 0.4) is 0 Å². The molecule has 4 rings (SSSR count). The maximum atomic E-state index is 4.44. The monoisotopic (exact) mass is 406 g/mol. The molecule has 7 atom stereocenters. The van der Waals surface area contributed by atoms with E-state index in [1.54, 1.807) is 5.57 Å². The predicted octanol–water partition coefficient (Wildman–Crippen LogP) is 8.92. The molecule has 166 valence electrons. The molecule has 0 aromatic heterocycles. The summed E-state index contributed by atoms with van der Waals surface area (Å²) in [5.74, 6) is 5.60. The Morgan fingerprint density at radius 2 is 1.73 bits per heavy atom. The molecule has 0 nitrogen and oxygen atoms in total. The first kappa shape index (κ1) is 22.2. The summed E-state index contributed by atoms with van der Waals surface area (Å²) >= 11 is 0. The standard InChI is InChI=1S/C30H46/c1-20-18-23(4)24(5)27(19-20)14-13-26-8-7-17-30(6)28(15-16-29(26)30)22(3)10-9-21(2)25-11-12-25/h9-10,13-14,20-23,25,28-29H,5,7-8,11-12,15-19H2,1-4,6H3/b10-9+,26-13+,27-14+/t20-,21+,22+,23-,28?,29-,30+/m0/s1. The number of fused-ring (bicyclic) bond motifs is 1. The van der Waals surface area contributed by atoms with Gasteiger partial charge in [-0.15, -0.1) is 0 Å². The van der Waals surface area contributed by atoms with Gasteiger partial charge in [0.1, 0.15) is 0 Å². The van der Waals surface area contributed by atoms with Gasteiger partial charge in [0.25, 0.3) is 0 Å². The van der Waals surface area contributed by atoms with Crippen LogP contribution in [-0.4, -0.2) is 0 Å². The zero-order chi connectivity index (χ0) is 21.5. The van der Waals surface area contributed by atoms with Crippen LogP contribution in [0.4, 0.5) is 0 Å². The SMILES string of the molecule is C=C1/C(=C/C=C2\CCC[C@]3(C)C([C@H](C)/C=C/[C@@H](C)C4CC4)CC[C@@H]23)C[C@@H](C)C[C@@H]1C. The summed E-state index contributed by atoms with van der Waals surface area (Å²) in [6.07, 6.45) is 22.5. The number of hydrogen-bond donors (Lipinski definition) is 0. The van der Waals surface area contributed by atoms with Gasteiger partial charge in [-0.2, -0.15) is 0 Å². The van der Waals surface area contributed by atoms with Crippen molar-refractivity contribution in [2.24, 2.45) is 46.8 Å². The van der Waals surface area contributed by atoms with E-state index in [2.05, 4.69) is 65.5 Å². The lowest BCUT2D eigenvalue weighted by Crippen LogP contribution is -2.35. The molecule has 0 amide bonds. The Morgan fingerprint density at radius 1 is 1.00 bits per heavy atom. The Labute approximate surface area is 187 Å². The average molecular weight is 407 g/mol. The van der Waals surface area contributed by atoms with Crippen LogP contribution in [0.15, 0.2) is 47.6 Å². The molecule has 4 aliphatic carbocycles. The van der Waals surface area contributed by atoms with E-state index in [1.165, 1.54) is 68.9 Å². The zero-order valence-corrected chi connectivity index (χ0v) is 20.4. The highest BCUT2D eigenvalue weighted by Gasteiger charge is 2.50. The molecule has 0 aromatic carbocycles. The third kappa shape index (κ3) is 4.44. The van der Waals surface area contributed by atoms with Crippen LogP contribution in [-0.2, 0) is 0 Å². The Bertz CT molecular complexity index is 729. The van der Waals surface area contributed by atoms with Crippen molar-refractivity contribution < 1.29 is 0 Å². The van der Waals surface area contributed by atoms with Gasteiger partial charge in [-0.25, -0.2) is 0 Å². The lowest BCUT2D eigenvalue weighted by atomic mass is 9.61. The van der Waals surface area contributed by atoms with Crippen molar-refractivity contribution in [1.82, 2.24) is 0 Å². The lowest BCUT2D eigenvalue weighted by Gasteiger charge is -2.44. The van der Waals surface area contributed by atoms with E-state index < -0.39 is 0 Å². The molecule has 0 aliphatic heterocycles. The number of allylic oxidation sites excluding steroid dienone is 7. The quantitative estimate of drug-likeness (QED) is 0.400. The Hall–Kier alpha value is -1.04. The highest BCUT2D eigenvalue weighted by atomic mass is 14.5. The first-order valence-electron chi connectivity index (χ1n) is 13.1. The number of rotatable bonds is 5. The van der Waals surface area contributed by atoms with Gasteiger partial charge < -0.3 is 0 Å². The van der Waals surface area contributed by atoms with Gasteiger partial charge in [0.15, 0.2) is 0 Å². The highest BCUT2D eigenvalue weighted by Crippen LogP contribution is 2.59. The fraction of sp³-hybridized carbons (Fsp3) is 0.733. The molecular formula is C30H46. The summed E-state index contributed by atoms with van der Waals surface area (Å²) in [6, 6.07) is 0. The van der Waals surface area contributed by atoms with Gasteiger partial charge >= 0.3 is 0 Å². The maximum absolute atomic E-state index is 4.44. The summed E-state index contributed by atoms with van der Waals surface area (Å²) in [4.78, 5) is 0. The van der Waals surface area contributed by atoms with Crippen LogP contribution in [0.1, 0.15) is 92.4 Å². The number of hydrogen-bond acceptors (Lipinski definition) is 0. The van der Waals surface area contributed by atoms with E-state index in [9.17, 15) is 0 Å². The molecule has 0 radical (unpaired) electrons. The fourth-order valence-corrected chi connectivity index (χ4v) is 7.44. The highest BCUT2D eigenvalue weighted by molar-refractivity contribution is 5.37. The van der Waals surface area contributed by atoms with Gasteiger partial charge in [0, 0.05) is 0 Å². The molecule has 0 heterocycles. The van der Waals surface area contributed by atoms with Gasteiger partial charge in [0.05, 0.1) is 0 Å². The molecular weight excluding hydrogens is 360 g/mol. The van der Waals surface area contributed by atoms with Crippen molar-refractivity contribution in [3.05, 3.63) is 47.6 Å². The minimum atomic E-state index is 0.499. The molecule has 4 aliphatic rings. The minimum Gasteiger partial charge on any atom is -0.0953 e. The average Bonchev–Trinajstić information content (AvgIpc) is 3.49. The molecule has 1 unspecified atom stereocenters. The van der Waals surface area contributed by atoms with E-state index in [1.807, 2.05) is 0 Å². The maximum Gasteiger partial charge on any atom is -0.0143 e. The molecule has 4 fully saturated rings. The van der Waals surface area contributed by atoms with Gasteiger partial charge in [-0.1, -0.05) is 71.1 Å². The molecule has 0 saturated heterocycles. The van der Waals surface area contributed by atoms with E-state index in [-0.39, 0.29) is 0 Å². The van der Waals surface area contributed by atoms with E-state index in [4.69, 9.17) is 0 Å². The van der Waals surface area contributed by atoms with Crippen molar-refractivity contribution in [2.45, 2.75) is 92.4 Å². The zero-order valence-electron chi connectivity index (χ0n) is 20.4. The minimum absolute atomic E-state index is 0.499. The molecule has 0 bridgehead atoms. The van der Waals surface area contributed by atoms with Crippen LogP contribution < -0.4 is 0 Å². The smallest absolute Gasteiger partial charge is 0.0143 e.